The second kappa shape index (κ2) is 5.94. The maximum atomic E-state index is 6.12. The minimum Gasteiger partial charge on any atom is -0.368 e. The van der Waals surface area contributed by atoms with Crippen molar-refractivity contribution in [2.75, 3.05) is 36.0 Å². The molecule has 0 bridgehead atoms. The highest BCUT2D eigenvalue weighted by Gasteiger charge is 2.22. The van der Waals surface area contributed by atoms with Crippen LogP contribution in [0.5, 0.6) is 0 Å². The summed E-state index contributed by atoms with van der Waals surface area (Å²) in [5.74, 6) is 1.76. The molecule has 3 heterocycles. The molecule has 0 N–H and O–H groups in total. The predicted molar refractivity (Wildman–Crippen MR) is 96.1 cm³/mol. The third-order valence-corrected chi connectivity index (χ3v) is 4.86. The van der Waals surface area contributed by atoms with Gasteiger partial charge in [-0.25, -0.2) is 4.98 Å². The average molecular weight is 343 g/mol. The van der Waals surface area contributed by atoms with Crippen LogP contribution in [0.2, 0.25) is 5.02 Å². The molecule has 1 saturated heterocycles. The van der Waals surface area contributed by atoms with Crippen LogP contribution in [0.25, 0.3) is 5.78 Å². The molecule has 3 aromatic rings. The molecule has 1 aliphatic heterocycles. The Bertz CT molecular complexity index is 882. The van der Waals surface area contributed by atoms with Crippen LogP contribution in [0.3, 0.4) is 0 Å². The third-order valence-electron chi connectivity index (χ3n) is 4.63. The molecule has 6 nitrogen and oxygen atoms in total. The largest absolute Gasteiger partial charge is 0.368 e. The standard InChI is InChI=1S/C17H19ClN6/c1-12-13(2)21-17-19-11-20-24(17)16(12)23-8-6-22(7-9-23)15-5-3-4-14(18)10-15/h3-5,10-11H,6-9H2,1-2H3. The van der Waals surface area contributed by atoms with Gasteiger partial charge in [-0.05, 0) is 32.0 Å². The Morgan fingerprint density at radius 2 is 1.79 bits per heavy atom. The maximum Gasteiger partial charge on any atom is 0.254 e. The summed E-state index contributed by atoms with van der Waals surface area (Å²) in [6, 6.07) is 8.04. The molecule has 4 rings (SSSR count). The van der Waals surface area contributed by atoms with Crippen LogP contribution in [0.4, 0.5) is 11.5 Å². The van der Waals surface area contributed by atoms with Gasteiger partial charge in [0.25, 0.3) is 5.78 Å². The number of piperazine rings is 1. The zero-order valence-corrected chi connectivity index (χ0v) is 14.5. The molecule has 124 valence electrons. The molecule has 1 fully saturated rings. The minimum atomic E-state index is 0.658. The Labute approximate surface area is 145 Å². The predicted octanol–water partition coefficient (Wildman–Crippen LogP) is 2.72. The van der Waals surface area contributed by atoms with E-state index in [1.54, 1.807) is 6.33 Å². The summed E-state index contributed by atoms with van der Waals surface area (Å²) >= 11 is 6.12. The number of hydrogen-bond acceptors (Lipinski definition) is 5. The van der Waals surface area contributed by atoms with E-state index in [2.05, 4.69) is 37.9 Å². The number of aromatic nitrogens is 4. The second-order valence-electron chi connectivity index (χ2n) is 6.07. The molecule has 0 spiro atoms. The molecular formula is C17H19ClN6. The van der Waals surface area contributed by atoms with Crippen molar-refractivity contribution in [3.63, 3.8) is 0 Å². The lowest BCUT2D eigenvalue weighted by molar-refractivity contribution is 0.636. The lowest BCUT2D eigenvalue weighted by Crippen LogP contribution is -2.47. The van der Waals surface area contributed by atoms with Crippen LogP contribution < -0.4 is 9.80 Å². The molecule has 2 aromatic heterocycles. The first kappa shape index (κ1) is 15.2. The van der Waals surface area contributed by atoms with Gasteiger partial charge in [-0.15, -0.1) is 0 Å². The molecule has 0 saturated carbocycles. The van der Waals surface area contributed by atoms with Crippen LogP contribution in [-0.2, 0) is 0 Å². The van der Waals surface area contributed by atoms with Crippen molar-refractivity contribution >= 4 is 28.9 Å². The Balaban J connectivity index is 1.60. The highest BCUT2D eigenvalue weighted by Crippen LogP contribution is 2.26. The van der Waals surface area contributed by atoms with Crippen LogP contribution >= 0.6 is 11.6 Å². The van der Waals surface area contributed by atoms with E-state index in [1.807, 2.05) is 29.6 Å². The number of rotatable bonds is 2. The van der Waals surface area contributed by atoms with Crippen LogP contribution in [0.15, 0.2) is 30.6 Å². The van der Waals surface area contributed by atoms with E-state index in [9.17, 15) is 0 Å². The Morgan fingerprint density at radius 3 is 2.54 bits per heavy atom. The zero-order valence-electron chi connectivity index (χ0n) is 13.8. The first-order valence-electron chi connectivity index (χ1n) is 8.06. The summed E-state index contributed by atoms with van der Waals surface area (Å²) in [4.78, 5) is 13.5. The van der Waals surface area contributed by atoms with Gasteiger partial charge in [-0.2, -0.15) is 14.6 Å². The monoisotopic (exact) mass is 342 g/mol. The van der Waals surface area contributed by atoms with Crippen molar-refractivity contribution < 1.29 is 0 Å². The maximum absolute atomic E-state index is 6.12. The SMILES string of the molecule is Cc1nc2ncnn2c(N2CCN(c3cccc(Cl)c3)CC2)c1C. The van der Waals surface area contributed by atoms with Gasteiger partial charge in [-0.1, -0.05) is 17.7 Å². The molecular weight excluding hydrogens is 324 g/mol. The molecule has 0 aliphatic carbocycles. The van der Waals surface area contributed by atoms with Crippen LogP contribution in [0.1, 0.15) is 11.3 Å². The van der Waals surface area contributed by atoms with Crippen LogP contribution in [-0.4, -0.2) is 45.8 Å². The molecule has 0 radical (unpaired) electrons. The van der Waals surface area contributed by atoms with Crippen molar-refractivity contribution in [3.8, 4) is 0 Å². The molecule has 24 heavy (non-hydrogen) atoms. The van der Waals surface area contributed by atoms with E-state index in [0.717, 1.165) is 48.3 Å². The van der Waals surface area contributed by atoms with Crippen molar-refractivity contribution in [2.45, 2.75) is 13.8 Å². The summed E-state index contributed by atoms with van der Waals surface area (Å²) in [5, 5.41) is 5.13. The van der Waals surface area contributed by atoms with Gasteiger partial charge in [0.1, 0.15) is 12.1 Å². The fourth-order valence-electron chi connectivity index (χ4n) is 3.24. The summed E-state index contributed by atoms with van der Waals surface area (Å²) in [6.07, 6.45) is 1.56. The Kier molecular flexibility index (Phi) is 3.76. The topological polar surface area (TPSA) is 49.6 Å². The number of hydrogen-bond donors (Lipinski definition) is 0. The number of benzene rings is 1. The van der Waals surface area contributed by atoms with Gasteiger partial charge in [0.2, 0.25) is 0 Å². The Hall–Kier alpha value is -2.34. The van der Waals surface area contributed by atoms with Gasteiger partial charge in [0.05, 0.1) is 0 Å². The van der Waals surface area contributed by atoms with Gasteiger partial charge in [0, 0.05) is 48.1 Å². The lowest BCUT2D eigenvalue weighted by Gasteiger charge is -2.37. The van der Waals surface area contributed by atoms with Gasteiger partial charge in [-0.3, -0.25) is 0 Å². The summed E-state index contributed by atoms with van der Waals surface area (Å²) in [5.41, 5.74) is 3.34. The normalized spacial score (nSPS) is 15.3. The first-order valence-corrected chi connectivity index (χ1v) is 8.43. The highest BCUT2D eigenvalue weighted by molar-refractivity contribution is 6.30. The third kappa shape index (κ3) is 2.57. The quantitative estimate of drug-likeness (QED) is 0.716. The minimum absolute atomic E-state index is 0.658. The number of anilines is 2. The highest BCUT2D eigenvalue weighted by atomic mass is 35.5. The summed E-state index contributed by atoms with van der Waals surface area (Å²) in [6.45, 7) is 7.85. The first-order chi connectivity index (χ1) is 11.6. The zero-order chi connectivity index (χ0) is 16.7. The van der Waals surface area contributed by atoms with E-state index in [4.69, 9.17) is 11.6 Å². The van der Waals surface area contributed by atoms with Crippen molar-refractivity contribution in [1.82, 2.24) is 19.6 Å². The fraction of sp³-hybridized carbons (Fsp3) is 0.353. The summed E-state index contributed by atoms with van der Waals surface area (Å²) < 4.78 is 1.84. The molecule has 7 heteroatoms. The Morgan fingerprint density at radius 1 is 1.04 bits per heavy atom. The van der Waals surface area contributed by atoms with E-state index >= 15 is 0 Å². The average Bonchev–Trinajstić information content (AvgIpc) is 3.04. The van der Waals surface area contributed by atoms with Gasteiger partial charge >= 0.3 is 0 Å². The lowest BCUT2D eigenvalue weighted by atomic mass is 10.2. The van der Waals surface area contributed by atoms with Crippen molar-refractivity contribution in [3.05, 3.63) is 46.9 Å². The van der Waals surface area contributed by atoms with Gasteiger partial charge in [0.15, 0.2) is 0 Å². The number of nitrogens with zero attached hydrogens (tertiary/aromatic N) is 6. The number of halogens is 1. The second-order valence-corrected chi connectivity index (χ2v) is 6.51. The number of fused-ring (bicyclic) bond motifs is 1. The van der Waals surface area contributed by atoms with E-state index < -0.39 is 0 Å². The van der Waals surface area contributed by atoms with Gasteiger partial charge < -0.3 is 9.80 Å². The molecule has 1 aliphatic rings. The molecule has 0 atom stereocenters. The van der Waals surface area contributed by atoms with Crippen molar-refractivity contribution in [2.24, 2.45) is 0 Å². The molecule has 0 amide bonds. The smallest absolute Gasteiger partial charge is 0.254 e. The summed E-state index contributed by atoms with van der Waals surface area (Å²) in [7, 11) is 0. The van der Waals surface area contributed by atoms with Crippen LogP contribution in [0, 0.1) is 13.8 Å². The van der Waals surface area contributed by atoms with E-state index in [1.165, 1.54) is 5.69 Å². The van der Waals surface area contributed by atoms with E-state index in [0.29, 0.717) is 5.78 Å². The van der Waals surface area contributed by atoms with Crippen molar-refractivity contribution in [1.29, 1.82) is 0 Å². The fourth-order valence-corrected chi connectivity index (χ4v) is 3.42. The molecule has 1 aromatic carbocycles. The van der Waals surface area contributed by atoms with E-state index in [-0.39, 0.29) is 0 Å². The number of aryl methyl sites for hydroxylation is 1. The molecule has 0 unspecified atom stereocenters.